The molecule has 0 aliphatic heterocycles. The standard InChI is InChI=1S/C19H21NO5/c1-23-16-11-9-15(10-12-16)20-18(21)14-25-19(22)8-5-13-24-17-6-3-2-4-7-17/h2-4,6-7,9-12H,5,8,13-14H2,1H3,(H,20,21). The summed E-state index contributed by atoms with van der Waals surface area (Å²) in [6.45, 7) is 0.0988. The highest BCUT2D eigenvalue weighted by molar-refractivity contribution is 5.92. The summed E-state index contributed by atoms with van der Waals surface area (Å²) in [5, 5.41) is 2.64. The number of anilines is 1. The normalized spacial score (nSPS) is 9.96. The molecule has 0 fully saturated rings. The van der Waals surface area contributed by atoms with Gasteiger partial charge in [0.15, 0.2) is 6.61 Å². The largest absolute Gasteiger partial charge is 0.497 e. The summed E-state index contributed by atoms with van der Waals surface area (Å²) in [7, 11) is 1.57. The van der Waals surface area contributed by atoms with Crippen molar-refractivity contribution in [3.8, 4) is 11.5 Å². The molecule has 0 bridgehead atoms. The zero-order chi connectivity index (χ0) is 17.9. The van der Waals surface area contributed by atoms with E-state index in [4.69, 9.17) is 14.2 Å². The number of hydrogen-bond acceptors (Lipinski definition) is 5. The van der Waals surface area contributed by atoms with Gasteiger partial charge in [-0.2, -0.15) is 0 Å². The van der Waals surface area contributed by atoms with Crippen LogP contribution in [0.5, 0.6) is 11.5 Å². The lowest BCUT2D eigenvalue weighted by molar-refractivity contribution is -0.147. The molecule has 0 heterocycles. The van der Waals surface area contributed by atoms with Crippen molar-refractivity contribution >= 4 is 17.6 Å². The van der Waals surface area contributed by atoms with Crippen LogP contribution in [0.2, 0.25) is 0 Å². The molecule has 1 N–H and O–H groups in total. The van der Waals surface area contributed by atoms with Crippen molar-refractivity contribution in [2.75, 3.05) is 25.6 Å². The van der Waals surface area contributed by atoms with Crippen molar-refractivity contribution < 1.29 is 23.8 Å². The predicted octanol–water partition coefficient (Wildman–Crippen LogP) is 3.04. The highest BCUT2D eigenvalue weighted by Crippen LogP contribution is 2.14. The molecule has 2 rings (SSSR count). The first-order chi connectivity index (χ1) is 12.2. The van der Waals surface area contributed by atoms with Crippen LogP contribution in [0.25, 0.3) is 0 Å². The van der Waals surface area contributed by atoms with Crippen LogP contribution < -0.4 is 14.8 Å². The summed E-state index contributed by atoms with van der Waals surface area (Å²) < 4.78 is 15.5. The van der Waals surface area contributed by atoms with E-state index in [1.807, 2.05) is 30.3 Å². The van der Waals surface area contributed by atoms with Gasteiger partial charge in [0.25, 0.3) is 5.91 Å². The molecular weight excluding hydrogens is 322 g/mol. The van der Waals surface area contributed by atoms with E-state index in [0.717, 1.165) is 5.75 Å². The lowest BCUT2D eigenvalue weighted by Gasteiger charge is -2.08. The molecule has 6 heteroatoms. The minimum Gasteiger partial charge on any atom is -0.497 e. The molecule has 0 radical (unpaired) electrons. The van der Waals surface area contributed by atoms with Crippen molar-refractivity contribution in [2.45, 2.75) is 12.8 Å². The third-order valence-corrected chi connectivity index (χ3v) is 3.28. The van der Waals surface area contributed by atoms with Gasteiger partial charge in [0.2, 0.25) is 0 Å². The summed E-state index contributed by atoms with van der Waals surface area (Å²) in [5.41, 5.74) is 0.609. The Bertz CT molecular complexity index is 670. The zero-order valence-electron chi connectivity index (χ0n) is 14.1. The average molecular weight is 343 g/mol. The van der Waals surface area contributed by atoms with Gasteiger partial charge in [0.05, 0.1) is 13.7 Å². The van der Waals surface area contributed by atoms with Gasteiger partial charge in [0, 0.05) is 12.1 Å². The number of ether oxygens (including phenoxy) is 3. The van der Waals surface area contributed by atoms with E-state index in [0.29, 0.717) is 24.5 Å². The van der Waals surface area contributed by atoms with Crippen molar-refractivity contribution in [1.82, 2.24) is 0 Å². The lowest BCUT2D eigenvalue weighted by Crippen LogP contribution is -2.21. The Kier molecular flexibility index (Phi) is 7.31. The van der Waals surface area contributed by atoms with Crippen LogP contribution in [0.15, 0.2) is 54.6 Å². The minimum absolute atomic E-state index is 0.197. The van der Waals surface area contributed by atoms with Crippen molar-refractivity contribution in [1.29, 1.82) is 0 Å². The number of para-hydroxylation sites is 1. The fourth-order valence-corrected chi connectivity index (χ4v) is 2.01. The number of nitrogens with one attached hydrogen (secondary N) is 1. The fourth-order valence-electron chi connectivity index (χ4n) is 2.01. The smallest absolute Gasteiger partial charge is 0.306 e. The molecule has 2 aromatic rings. The Morgan fingerprint density at radius 1 is 0.960 bits per heavy atom. The van der Waals surface area contributed by atoms with Crippen LogP contribution in [0.1, 0.15) is 12.8 Å². The summed E-state index contributed by atoms with van der Waals surface area (Å²) in [6.07, 6.45) is 0.719. The van der Waals surface area contributed by atoms with Crippen molar-refractivity contribution in [2.24, 2.45) is 0 Å². The number of amides is 1. The number of esters is 1. The summed E-state index contributed by atoms with van der Waals surface area (Å²) in [6, 6.07) is 16.2. The highest BCUT2D eigenvalue weighted by Gasteiger charge is 2.08. The fraction of sp³-hybridized carbons (Fsp3) is 0.263. The molecule has 6 nitrogen and oxygen atoms in total. The molecule has 0 aliphatic carbocycles. The van der Waals surface area contributed by atoms with Crippen LogP contribution >= 0.6 is 0 Å². The number of carbonyl (C=O) groups excluding carboxylic acids is 2. The second-order valence-corrected chi connectivity index (χ2v) is 5.20. The Labute approximate surface area is 146 Å². The summed E-state index contributed by atoms with van der Waals surface area (Å²) in [4.78, 5) is 23.4. The van der Waals surface area contributed by atoms with Gasteiger partial charge in [-0.05, 0) is 42.8 Å². The minimum atomic E-state index is -0.429. The summed E-state index contributed by atoms with van der Waals surface area (Å²) in [5.74, 6) is 0.637. The van der Waals surface area contributed by atoms with Crippen LogP contribution in [-0.4, -0.2) is 32.2 Å². The van der Waals surface area contributed by atoms with Gasteiger partial charge in [-0.15, -0.1) is 0 Å². The van der Waals surface area contributed by atoms with E-state index in [9.17, 15) is 9.59 Å². The van der Waals surface area contributed by atoms with Gasteiger partial charge in [-0.3, -0.25) is 9.59 Å². The Balaban J connectivity index is 1.59. The number of carbonyl (C=O) groups is 2. The second-order valence-electron chi connectivity index (χ2n) is 5.20. The third-order valence-electron chi connectivity index (χ3n) is 3.28. The van der Waals surface area contributed by atoms with E-state index in [2.05, 4.69) is 5.32 Å². The van der Waals surface area contributed by atoms with E-state index >= 15 is 0 Å². The highest BCUT2D eigenvalue weighted by atomic mass is 16.5. The molecule has 0 aliphatic rings. The SMILES string of the molecule is COc1ccc(NC(=O)COC(=O)CCCOc2ccccc2)cc1. The number of methoxy groups -OCH3 is 1. The Hall–Kier alpha value is -3.02. The maximum atomic E-state index is 11.7. The van der Waals surface area contributed by atoms with Gasteiger partial charge in [-0.25, -0.2) is 0 Å². The molecule has 2 aromatic carbocycles. The van der Waals surface area contributed by atoms with E-state index < -0.39 is 5.97 Å². The first kappa shape index (κ1) is 18.3. The predicted molar refractivity (Wildman–Crippen MR) is 93.8 cm³/mol. The second kappa shape index (κ2) is 9.97. The van der Waals surface area contributed by atoms with Crippen LogP contribution in [0.3, 0.4) is 0 Å². The van der Waals surface area contributed by atoms with E-state index in [1.54, 1.807) is 31.4 Å². The number of hydrogen-bond donors (Lipinski definition) is 1. The molecule has 0 saturated carbocycles. The lowest BCUT2D eigenvalue weighted by atomic mass is 10.3. The Morgan fingerprint density at radius 3 is 2.36 bits per heavy atom. The maximum Gasteiger partial charge on any atom is 0.306 e. The Morgan fingerprint density at radius 2 is 1.68 bits per heavy atom. The van der Waals surface area contributed by atoms with Crippen LogP contribution in [0.4, 0.5) is 5.69 Å². The molecule has 0 aromatic heterocycles. The molecule has 0 spiro atoms. The van der Waals surface area contributed by atoms with Gasteiger partial charge < -0.3 is 19.5 Å². The van der Waals surface area contributed by atoms with Crippen molar-refractivity contribution in [3.63, 3.8) is 0 Å². The summed E-state index contributed by atoms with van der Waals surface area (Å²) >= 11 is 0. The number of benzene rings is 2. The monoisotopic (exact) mass is 343 g/mol. The third kappa shape index (κ3) is 6.95. The van der Waals surface area contributed by atoms with Crippen LogP contribution in [-0.2, 0) is 14.3 Å². The van der Waals surface area contributed by atoms with Crippen LogP contribution in [0, 0.1) is 0 Å². The first-order valence-corrected chi connectivity index (χ1v) is 7.95. The average Bonchev–Trinajstić information content (AvgIpc) is 2.65. The van der Waals surface area contributed by atoms with Gasteiger partial charge in [-0.1, -0.05) is 18.2 Å². The molecular formula is C19H21NO5. The zero-order valence-corrected chi connectivity index (χ0v) is 14.1. The van der Waals surface area contributed by atoms with Crippen molar-refractivity contribution in [3.05, 3.63) is 54.6 Å². The van der Waals surface area contributed by atoms with E-state index in [-0.39, 0.29) is 18.9 Å². The first-order valence-electron chi connectivity index (χ1n) is 7.95. The van der Waals surface area contributed by atoms with Gasteiger partial charge in [0.1, 0.15) is 11.5 Å². The molecule has 0 atom stereocenters. The quantitative estimate of drug-likeness (QED) is 0.559. The molecule has 132 valence electrons. The molecule has 0 saturated heterocycles. The topological polar surface area (TPSA) is 73.9 Å². The molecule has 0 unspecified atom stereocenters. The van der Waals surface area contributed by atoms with E-state index in [1.165, 1.54) is 0 Å². The van der Waals surface area contributed by atoms with Gasteiger partial charge >= 0.3 is 5.97 Å². The molecule has 25 heavy (non-hydrogen) atoms. The number of rotatable bonds is 9. The maximum absolute atomic E-state index is 11.7. The molecule has 1 amide bonds.